The van der Waals surface area contributed by atoms with Gasteiger partial charge in [0.1, 0.15) is 0 Å². The summed E-state index contributed by atoms with van der Waals surface area (Å²) < 4.78 is 1.54. The van der Waals surface area contributed by atoms with E-state index in [4.69, 9.17) is 0 Å². The first-order chi connectivity index (χ1) is 10.1. The summed E-state index contributed by atoms with van der Waals surface area (Å²) in [6, 6.07) is 16.2. The first kappa shape index (κ1) is 13.4. The summed E-state index contributed by atoms with van der Waals surface area (Å²) >= 11 is 0. The minimum Gasteiger partial charge on any atom is -0.295 e. The number of rotatable bonds is 2. The van der Waals surface area contributed by atoms with Crippen molar-refractivity contribution in [2.75, 3.05) is 0 Å². The van der Waals surface area contributed by atoms with E-state index < -0.39 is 0 Å². The molecule has 0 amide bonds. The molecule has 21 heavy (non-hydrogen) atoms. The van der Waals surface area contributed by atoms with E-state index in [1.54, 1.807) is 7.05 Å². The van der Waals surface area contributed by atoms with Crippen molar-refractivity contribution in [2.45, 2.75) is 13.8 Å². The molecule has 0 spiro atoms. The van der Waals surface area contributed by atoms with E-state index in [0.29, 0.717) is 0 Å². The first-order valence-electron chi connectivity index (χ1n) is 7.00. The molecule has 0 aliphatic carbocycles. The lowest BCUT2D eigenvalue weighted by atomic mass is 9.98. The Morgan fingerprint density at radius 1 is 0.952 bits per heavy atom. The van der Waals surface area contributed by atoms with Gasteiger partial charge in [0.15, 0.2) is 0 Å². The van der Waals surface area contributed by atoms with Gasteiger partial charge in [-0.25, -0.2) is 0 Å². The fourth-order valence-corrected chi connectivity index (χ4v) is 2.59. The van der Waals surface area contributed by atoms with E-state index in [9.17, 15) is 4.79 Å². The van der Waals surface area contributed by atoms with Crippen molar-refractivity contribution in [3.05, 3.63) is 70.0 Å². The molecule has 0 aliphatic rings. The van der Waals surface area contributed by atoms with Crippen molar-refractivity contribution in [1.82, 2.24) is 9.78 Å². The fourth-order valence-electron chi connectivity index (χ4n) is 2.59. The molecule has 0 unspecified atom stereocenters. The van der Waals surface area contributed by atoms with Gasteiger partial charge in [0, 0.05) is 12.6 Å². The van der Waals surface area contributed by atoms with Crippen LogP contribution in [0.25, 0.3) is 22.4 Å². The third kappa shape index (κ3) is 2.31. The van der Waals surface area contributed by atoms with Gasteiger partial charge in [0.25, 0.3) is 5.56 Å². The van der Waals surface area contributed by atoms with Crippen LogP contribution in [0.15, 0.2) is 53.3 Å². The lowest BCUT2D eigenvalue weighted by Crippen LogP contribution is -2.13. The Labute approximate surface area is 123 Å². The normalized spacial score (nSPS) is 10.8. The summed E-state index contributed by atoms with van der Waals surface area (Å²) in [5.41, 5.74) is 5.94. The number of nitrogens with one attached hydrogen (secondary N) is 1. The van der Waals surface area contributed by atoms with Crippen molar-refractivity contribution in [3.8, 4) is 22.4 Å². The lowest BCUT2D eigenvalue weighted by Gasteiger charge is -2.06. The quantitative estimate of drug-likeness (QED) is 0.763. The predicted molar refractivity (Wildman–Crippen MR) is 86.4 cm³/mol. The van der Waals surface area contributed by atoms with Gasteiger partial charge in [-0.05, 0) is 25.0 Å². The first-order valence-corrected chi connectivity index (χ1v) is 7.00. The highest BCUT2D eigenvalue weighted by Gasteiger charge is 2.17. The SMILES string of the molecule is Cc1ccc(-c2c(-c3ccccc3C)[nH]n(C)c2=O)cc1. The van der Waals surface area contributed by atoms with Crippen LogP contribution < -0.4 is 5.56 Å². The zero-order chi connectivity index (χ0) is 15.0. The summed E-state index contributed by atoms with van der Waals surface area (Å²) in [5, 5.41) is 3.19. The van der Waals surface area contributed by atoms with E-state index in [1.165, 1.54) is 10.2 Å². The number of benzene rings is 2. The van der Waals surface area contributed by atoms with Crippen LogP contribution in [-0.2, 0) is 7.05 Å². The Morgan fingerprint density at radius 3 is 2.29 bits per heavy atom. The minimum atomic E-state index is -0.00268. The second-order valence-electron chi connectivity index (χ2n) is 5.41. The molecule has 1 aromatic heterocycles. The molecule has 1 N–H and O–H groups in total. The zero-order valence-corrected chi connectivity index (χ0v) is 12.5. The van der Waals surface area contributed by atoms with Gasteiger partial charge in [0.2, 0.25) is 0 Å². The number of nitrogens with zero attached hydrogens (tertiary/aromatic N) is 1. The molecule has 2 aromatic carbocycles. The summed E-state index contributed by atoms with van der Waals surface area (Å²) in [6.45, 7) is 4.10. The lowest BCUT2D eigenvalue weighted by molar-refractivity contribution is 0.743. The fraction of sp³-hybridized carbons (Fsp3) is 0.167. The zero-order valence-electron chi connectivity index (χ0n) is 12.5. The number of H-pyrrole nitrogens is 1. The Bertz CT molecular complexity index is 838. The standard InChI is InChI=1S/C18H18N2O/c1-12-8-10-14(11-9-12)16-17(19-20(3)18(16)21)15-7-5-4-6-13(15)2/h4-11,19H,1-3H3. The van der Waals surface area contributed by atoms with Gasteiger partial charge in [-0.2, -0.15) is 0 Å². The van der Waals surface area contributed by atoms with E-state index in [-0.39, 0.29) is 5.56 Å². The highest BCUT2D eigenvalue weighted by molar-refractivity contribution is 5.81. The molecule has 1 heterocycles. The molecule has 0 aliphatic heterocycles. The largest absolute Gasteiger partial charge is 0.295 e. The highest BCUT2D eigenvalue weighted by Crippen LogP contribution is 2.30. The summed E-state index contributed by atoms with van der Waals surface area (Å²) in [6.07, 6.45) is 0. The topological polar surface area (TPSA) is 37.8 Å². The van der Waals surface area contributed by atoms with Gasteiger partial charge in [-0.15, -0.1) is 0 Å². The number of aromatic amines is 1. The Morgan fingerprint density at radius 2 is 1.62 bits per heavy atom. The molecule has 3 aromatic rings. The predicted octanol–water partition coefficient (Wildman–Crippen LogP) is 3.66. The molecule has 0 atom stereocenters. The Balaban J connectivity index is 2.28. The van der Waals surface area contributed by atoms with Crippen LogP contribution in [0.2, 0.25) is 0 Å². The molecule has 0 fully saturated rings. The van der Waals surface area contributed by atoms with E-state index >= 15 is 0 Å². The number of hydrogen-bond acceptors (Lipinski definition) is 1. The van der Waals surface area contributed by atoms with Crippen LogP contribution in [0.1, 0.15) is 11.1 Å². The van der Waals surface area contributed by atoms with Crippen molar-refractivity contribution in [3.63, 3.8) is 0 Å². The molecule has 3 nitrogen and oxygen atoms in total. The maximum Gasteiger partial charge on any atom is 0.274 e. The van der Waals surface area contributed by atoms with Gasteiger partial charge in [-0.3, -0.25) is 14.6 Å². The summed E-state index contributed by atoms with van der Waals surface area (Å²) in [7, 11) is 1.75. The van der Waals surface area contributed by atoms with E-state index in [2.05, 4.69) is 18.1 Å². The van der Waals surface area contributed by atoms with Crippen LogP contribution >= 0.6 is 0 Å². The number of aromatic nitrogens is 2. The van der Waals surface area contributed by atoms with Crippen LogP contribution in [-0.4, -0.2) is 9.78 Å². The maximum absolute atomic E-state index is 12.5. The minimum absolute atomic E-state index is 0.00268. The van der Waals surface area contributed by atoms with Gasteiger partial charge in [-0.1, -0.05) is 54.1 Å². The molecule has 106 valence electrons. The molecular formula is C18H18N2O. The van der Waals surface area contributed by atoms with Crippen LogP contribution in [0.3, 0.4) is 0 Å². The van der Waals surface area contributed by atoms with Crippen LogP contribution in [0.5, 0.6) is 0 Å². The molecule has 3 rings (SSSR count). The smallest absolute Gasteiger partial charge is 0.274 e. The maximum atomic E-state index is 12.5. The highest BCUT2D eigenvalue weighted by atomic mass is 16.1. The third-order valence-electron chi connectivity index (χ3n) is 3.80. The number of hydrogen-bond donors (Lipinski definition) is 1. The van der Waals surface area contributed by atoms with Gasteiger partial charge in [0.05, 0.1) is 11.3 Å². The molecule has 0 saturated heterocycles. The Kier molecular flexibility index (Phi) is 3.26. The molecular weight excluding hydrogens is 260 g/mol. The van der Waals surface area contributed by atoms with Gasteiger partial charge < -0.3 is 0 Å². The Hall–Kier alpha value is -2.55. The second kappa shape index (κ2) is 5.09. The third-order valence-corrected chi connectivity index (χ3v) is 3.80. The van der Waals surface area contributed by atoms with Crippen molar-refractivity contribution in [1.29, 1.82) is 0 Å². The van der Waals surface area contributed by atoms with E-state index in [0.717, 1.165) is 27.9 Å². The average molecular weight is 278 g/mol. The van der Waals surface area contributed by atoms with Gasteiger partial charge >= 0.3 is 0 Å². The molecule has 0 bridgehead atoms. The van der Waals surface area contributed by atoms with Crippen molar-refractivity contribution in [2.24, 2.45) is 7.05 Å². The monoisotopic (exact) mass is 278 g/mol. The molecule has 0 saturated carbocycles. The second-order valence-corrected chi connectivity index (χ2v) is 5.41. The summed E-state index contributed by atoms with van der Waals surface area (Å²) in [4.78, 5) is 12.5. The van der Waals surface area contributed by atoms with Crippen LogP contribution in [0.4, 0.5) is 0 Å². The number of aryl methyl sites for hydroxylation is 3. The van der Waals surface area contributed by atoms with Crippen LogP contribution in [0, 0.1) is 13.8 Å². The van der Waals surface area contributed by atoms with E-state index in [1.807, 2.05) is 49.4 Å². The average Bonchev–Trinajstić information content (AvgIpc) is 2.76. The molecule has 0 radical (unpaired) electrons. The molecule has 3 heteroatoms. The van der Waals surface area contributed by atoms with Crippen molar-refractivity contribution >= 4 is 0 Å². The summed E-state index contributed by atoms with van der Waals surface area (Å²) in [5.74, 6) is 0. The van der Waals surface area contributed by atoms with Crippen molar-refractivity contribution < 1.29 is 0 Å².